The van der Waals surface area contributed by atoms with E-state index >= 15 is 0 Å². The molecule has 1 atom stereocenters. The molecule has 0 aliphatic heterocycles. The molecule has 1 aromatic heterocycles. The largest absolute Gasteiger partial charge is 0.491 e. The van der Waals surface area contributed by atoms with Crippen molar-refractivity contribution in [2.45, 2.75) is 26.0 Å². The Bertz CT molecular complexity index is 499. The van der Waals surface area contributed by atoms with Crippen LogP contribution in [0.2, 0.25) is 0 Å². The van der Waals surface area contributed by atoms with Crippen molar-refractivity contribution < 1.29 is 14.3 Å². The van der Waals surface area contributed by atoms with Crippen LogP contribution in [0, 0.1) is 0 Å². The third-order valence-corrected chi connectivity index (χ3v) is 2.79. The van der Waals surface area contributed by atoms with Crippen LogP contribution in [-0.4, -0.2) is 29.3 Å². The third kappa shape index (κ3) is 4.68. The Balaban J connectivity index is 1.63. The number of hydrogen-bond donors (Lipinski definition) is 2. The number of oxazole rings is 1. The molecule has 0 fully saturated rings. The molecule has 5 heteroatoms. The summed E-state index contributed by atoms with van der Waals surface area (Å²) in [5.74, 6) is 2.26. The van der Waals surface area contributed by atoms with E-state index in [2.05, 4.69) is 10.3 Å². The topological polar surface area (TPSA) is 67.5 Å². The van der Waals surface area contributed by atoms with Gasteiger partial charge in [-0.25, -0.2) is 4.98 Å². The number of nitrogens with one attached hydrogen (secondary N) is 1. The van der Waals surface area contributed by atoms with Crippen molar-refractivity contribution in [3.8, 4) is 5.75 Å². The lowest BCUT2D eigenvalue weighted by atomic mass is 10.3. The maximum Gasteiger partial charge on any atom is 0.208 e. The lowest BCUT2D eigenvalue weighted by Gasteiger charge is -2.12. The van der Waals surface area contributed by atoms with E-state index < -0.39 is 6.10 Å². The number of aryl methyl sites for hydroxylation is 1. The summed E-state index contributed by atoms with van der Waals surface area (Å²) < 4.78 is 10.9. The van der Waals surface area contributed by atoms with Crippen LogP contribution >= 0.6 is 0 Å². The van der Waals surface area contributed by atoms with Gasteiger partial charge in [-0.1, -0.05) is 25.1 Å². The van der Waals surface area contributed by atoms with Crippen molar-refractivity contribution in [3.63, 3.8) is 0 Å². The van der Waals surface area contributed by atoms with Crippen molar-refractivity contribution in [1.82, 2.24) is 10.3 Å². The Hall–Kier alpha value is -1.85. The lowest BCUT2D eigenvalue weighted by Crippen LogP contribution is -2.31. The molecule has 0 amide bonds. The summed E-state index contributed by atoms with van der Waals surface area (Å²) in [4.78, 5) is 4.14. The zero-order valence-corrected chi connectivity index (χ0v) is 11.6. The minimum atomic E-state index is -0.573. The quantitative estimate of drug-likeness (QED) is 0.769. The van der Waals surface area contributed by atoms with Crippen LogP contribution in [-0.2, 0) is 13.0 Å². The van der Waals surface area contributed by atoms with Crippen LogP contribution in [0.1, 0.15) is 18.6 Å². The maximum absolute atomic E-state index is 9.80. The Morgan fingerprint density at radius 2 is 2.15 bits per heavy atom. The normalized spacial score (nSPS) is 12.3. The van der Waals surface area contributed by atoms with Gasteiger partial charge in [-0.3, -0.25) is 0 Å². The molecule has 1 aromatic carbocycles. The lowest BCUT2D eigenvalue weighted by molar-refractivity contribution is 0.105. The average Bonchev–Trinajstić information content (AvgIpc) is 2.94. The van der Waals surface area contributed by atoms with E-state index in [1.165, 1.54) is 0 Å². The van der Waals surface area contributed by atoms with Gasteiger partial charge in [0.25, 0.3) is 0 Å². The first-order valence-corrected chi connectivity index (χ1v) is 6.78. The van der Waals surface area contributed by atoms with E-state index in [0.717, 1.165) is 17.9 Å². The zero-order chi connectivity index (χ0) is 14.2. The fraction of sp³-hybridized carbons (Fsp3) is 0.400. The summed E-state index contributed by atoms with van der Waals surface area (Å²) in [6.45, 7) is 3.20. The van der Waals surface area contributed by atoms with E-state index in [0.29, 0.717) is 19.0 Å². The van der Waals surface area contributed by atoms with Gasteiger partial charge in [0.05, 0.1) is 12.7 Å². The van der Waals surface area contributed by atoms with Crippen molar-refractivity contribution >= 4 is 0 Å². The SMILES string of the molecule is CCc1cnc(CNCC(O)COc2ccccc2)o1. The highest BCUT2D eigenvalue weighted by atomic mass is 16.5. The average molecular weight is 276 g/mol. The fourth-order valence-electron chi connectivity index (χ4n) is 1.71. The van der Waals surface area contributed by atoms with E-state index in [4.69, 9.17) is 9.15 Å². The van der Waals surface area contributed by atoms with Crippen LogP contribution in [0.25, 0.3) is 0 Å². The van der Waals surface area contributed by atoms with Gasteiger partial charge < -0.3 is 19.6 Å². The predicted octanol–water partition coefficient (Wildman–Crippen LogP) is 1.77. The van der Waals surface area contributed by atoms with Crippen LogP contribution in [0.15, 0.2) is 40.9 Å². The number of benzene rings is 1. The Morgan fingerprint density at radius 3 is 2.85 bits per heavy atom. The Morgan fingerprint density at radius 1 is 1.35 bits per heavy atom. The number of aromatic nitrogens is 1. The first kappa shape index (κ1) is 14.6. The summed E-state index contributed by atoms with van der Waals surface area (Å²) in [5.41, 5.74) is 0. The third-order valence-electron chi connectivity index (χ3n) is 2.79. The highest BCUT2D eigenvalue weighted by molar-refractivity contribution is 5.20. The molecule has 1 heterocycles. The summed E-state index contributed by atoms with van der Waals surface area (Å²) in [6, 6.07) is 9.44. The molecule has 1 unspecified atom stereocenters. The first-order chi connectivity index (χ1) is 9.78. The van der Waals surface area contributed by atoms with Crippen molar-refractivity contribution in [3.05, 3.63) is 48.2 Å². The Labute approximate surface area is 118 Å². The number of ether oxygens (including phenoxy) is 1. The van der Waals surface area contributed by atoms with Gasteiger partial charge in [-0.2, -0.15) is 0 Å². The molecule has 0 radical (unpaired) electrons. The van der Waals surface area contributed by atoms with Gasteiger partial charge in [0.15, 0.2) is 0 Å². The number of aliphatic hydroxyl groups excluding tert-OH is 1. The summed E-state index contributed by atoms with van der Waals surface area (Å²) in [6.07, 6.45) is 1.99. The van der Waals surface area contributed by atoms with Gasteiger partial charge in [0, 0.05) is 13.0 Å². The first-order valence-electron chi connectivity index (χ1n) is 6.78. The minimum absolute atomic E-state index is 0.253. The second-order valence-corrected chi connectivity index (χ2v) is 4.48. The molecule has 20 heavy (non-hydrogen) atoms. The number of hydrogen-bond acceptors (Lipinski definition) is 5. The number of para-hydroxylation sites is 1. The number of rotatable bonds is 8. The highest BCUT2D eigenvalue weighted by Crippen LogP contribution is 2.08. The molecular weight excluding hydrogens is 256 g/mol. The van der Waals surface area contributed by atoms with Crippen molar-refractivity contribution in [1.29, 1.82) is 0 Å². The second kappa shape index (κ2) is 7.67. The van der Waals surface area contributed by atoms with E-state index in [1.54, 1.807) is 6.20 Å². The van der Waals surface area contributed by atoms with E-state index in [9.17, 15) is 5.11 Å². The minimum Gasteiger partial charge on any atom is -0.491 e. The van der Waals surface area contributed by atoms with E-state index in [-0.39, 0.29) is 6.61 Å². The molecule has 0 spiro atoms. The second-order valence-electron chi connectivity index (χ2n) is 4.48. The van der Waals surface area contributed by atoms with Crippen LogP contribution in [0.4, 0.5) is 0 Å². The van der Waals surface area contributed by atoms with Crippen LogP contribution in [0.5, 0.6) is 5.75 Å². The van der Waals surface area contributed by atoms with Crippen LogP contribution < -0.4 is 10.1 Å². The summed E-state index contributed by atoms with van der Waals surface area (Å²) >= 11 is 0. The van der Waals surface area contributed by atoms with Gasteiger partial charge >= 0.3 is 0 Å². The predicted molar refractivity (Wildman–Crippen MR) is 75.5 cm³/mol. The van der Waals surface area contributed by atoms with Crippen molar-refractivity contribution in [2.75, 3.05) is 13.2 Å². The molecule has 0 aliphatic rings. The number of aliphatic hydroxyl groups is 1. The molecule has 2 N–H and O–H groups in total. The summed E-state index contributed by atoms with van der Waals surface area (Å²) in [5, 5.41) is 12.9. The summed E-state index contributed by atoms with van der Waals surface area (Å²) in [7, 11) is 0. The highest BCUT2D eigenvalue weighted by Gasteiger charge is 2.07. The van der Waals surface area contributed by atoms with E-state index in [1.807, 2.05) is 37.3 Å². The Kier molecular flexibility index (Phi) is 5.58. The van der Waals surface area contributed by atoms with Crippen LogP contribution in [0.3, 0.4) is 0 Å². The fourth-order valence-corrected chi connectivity index (χ4v) is 1.71. The van der Waals surface area contributed by atoms with Crippen molar-refractivity contribution in [2.24, 2.45) is 0 Å². The zero-order valence-electron chi connectivity index (χ0n) is 11.6. The van der Waals surface area contributed by atoms with Gasteiger partial charge in [0.1, 0.15) is 24.2 Å². The monoisotopic (exact) mass is 276 g/mol. The molecule has 0 saturated heterocycles. The molecule has 5 nitrogen and oxygen atoms in total. The standard InChI is InChI=1S/C15H20N2O3/c1-2-13-9-17-15(20-13)10-16-8-12(18)11-19-14-6-4-3-5-7-14/h3-7,9,12,16,18H,2,8,10-11H2,1H3. The van der Waals surface area contributed by atoms with Gasteiger partial charge in [0.2, 0.25) is 5.89 Å². The molecule has 2 aromatic rings. The molecule has 108 valence electrons. The maximum atomic E-state index is 9.80. The molecule has 0 aliphatic carbocycles. The molecule has 0 saturated carbocycles. The smallest absolute Gasteiger partial charge is 0.208 e. The molecule has 2 rings (SSSR count). The molecule has 0 bridgehead atoms. The van der Waals surface area contributed by atoms with Gasteiger partial charge in [-0.05, 0) is 12.1 Å². The molecular formula is C15H20N2O3. The van der Waals surface area contributed by atoms with Gasteiger partial charge in [-0.15, -0.1) is 0 Å². The number of nitrogens with zero attached hydrogens (tertiary/aromatic N) is 1.